The van der Waals surface area contributed by atoms with Gasteiger partial charge in [0.2, 0.25) is 0 Å². The summed E-state index contributed by atoms with van der Waals surface area (Å²) in [5.41, 5.74) is 1.02. The molecule has 0 spiro atoms. The van der Waals surface area contributed by atoms with Crippen LogP contribution in [0.25, 0.3) is 10.1 Å². The van der Waals surface area contributed by atoms with Crippen LogP contribution in [0.1, 0.15) is 15.9 Å². The molecule has 2 aromatic rings. The molecule has 1 nitrogen and oxygen atoms in total. The van der Waals surface area contributed by atoms with E-state index in [1.807, 2.05) is 6.07 Å². The van der Waals surface area contributed by atoms with Crippen molar-refractivity contribution in [3.05, 3.63) is 34.5 Å². The Bertz CT molecular complexity index is 473. The highest BCUT2D eigenvalue weighted by Gasteiger charge is 2.09. The normalized spacial score (nSPS) is 10.6. The summed E-state index contributed by atoms with van der Waals surface area (Å²) >= 11 is 1.39. The summed E-state index contributed by atoms with van der Waals surface area (Å²) in [5.74, 6) is -0.277. The van der Waals surface area contributed by atoms with Crippen LogP contribution in [0.3, 0.4) is 0 Å². The third kappa shape index (κ3) is 1.16. The lowest BCUT2D eigenvalue weighted by atomic mass is 10.1. The molecule has 0 fully saturated rings. The van der Waals surface area contributed by atoms with Crippen molar-refractivity contribution >= 4 is 27.7 Å². The minimum absolute atomic E-state index is 0.277. The fourth-order valence-electron chi connectivity index (χ4n) is 1.30. The molecule has 13 heavy (non-hydrogen) atoms. The fourth-order valence-corrected chi connectivity index (χ4v) is 2.20. The molecule has 0 aliphatic heterocycles. The van der Waals surface area contributed by atoms with Crippen LogP contribution in [0.5, 0.6) is 0 Å². The van der Waals surface area contributed by atoms with E-state index in [0.29, 0.717) is 22.8 Å². The number of hydrogen-bond donors (Lipinski definition) is 0. The molecule has 1 heterocycles. The van der Waals surface area contributed by atoms with Crippen molar-refractivity contribution in [3.63, 3.8) is 0 Å². The molecule has 0 saturated heterocycles. The SMILES string of the molecule is Cc1ccc2scc(C=O)c2c1F. The highest BCUT2D eigenvalue weighted by atomic mass is 32.1. The molecule has 0 saturated carbocycles. The van der Waals surface area contributed by atoms with E-state index in [4.69, 9.17) is 0 Å². The van der Waals surface area contributed by atoms with E-state index in [1.54, 1.807) is 18.4 Å². The van der Waals surface area contributed by atoms with Gasteiger partial charge in [-0.25, -0.2) is 4.39 Å². The van der Waals surface area contributed by atoms with E-state index in [2.05, 4.69) is 0 Å². The number of carbonyl (C=O) groups is 1. The first-order chi connectivity index (χ1) is 6.24. The van der Waals surface area contributed by atoms with Gasteiger partial charge in [-0.05, 0) is 18.6 Å². The summed E-state index contributed by atoms with van der Waals surface area (Å²) in [4.78, 5) is 10.6. The van der Waals surface area contributed by atoms with Gasteiger partial charge in [0.05, 0.1) is 0 Å². The Hall–Kier alpha value is -1.22. The molecule has 0 amide bonds. The number of hydrogen-bond acceptors (Lipinski definition) is 2. The van der Waals surface area contributed by atoms with Gasteiger partial charge in [0, 0.05) is 21.0 Å². The lowest BCUT2D eigenvalue weighted by molar-refractivity contribution is 0.112. The van der Waals surface area contributed by atoms with Gasteiger partial charge >= 0.3 is 0 Å². The zero-order chi connectivity index (χ0) is 9.42. The monoisotopic (exact) mass is 194 g/mol. The molecule has 0 unspecified atom stereocenters. The quantitative estimate of drug-likeness (QED) is 0.637. The van der Waals surface area contributed by atoms with E-state index < -0.39 is 0 Å². The number of fused-ring (bicyclic) bond motifs is 1. The smallest absolute Gasteiger partial charge is 0.151 e. The Morgan fingerprint density at radius 2 is 2.23 bits per heavy atom. The molecule has 0 atom stereocenters. The minimum atomic E-state index is -0.277. The van der Waals surface area contributed by atoms with Crippen molar-refractivity contribution < 1.29 is 9.18 Å². The summed E-state index contributed by atoms with van der Waals surface area (Å²) in [6.45, 7) is 1.70. The van der Waals surface area contributed by atoms with Crippen LogP contribution in [0, 0.1) is 12.7 Å². The first-order valence-corrected chi connectivity index (χ1v) is 4.73. The molecular weight excluding hydrogens is 187 g/mol. The van der Waals surface area contributed by atoms with Crippen molar-refractivity contribution in [2.75, 3.05) is 0 Å². The second-order valence-corrected chi connectivity index (χ2v) is 3.79. The summed E-state index contributed by atoms with van der Waals surface area (Å²) in [7, 11) is 0. The lowest BCUT2D eigenvalue weighted by Gasteiger charge is -1.97. The summed E-state index contributed by atoms with van der Waals surface area (Å²) in [6, 6.07) is 3.56. The fraction of sp³-hybridized carbons (Fsp3) is 0.100. The van der Waals surface area contributed by atoms with Crippen LogP contribution in [0.4, 0.5) is 4.39 Å². The van der Waals surface area contributed by atoms with E-state index in [-0.39, 0.29) is 5.82 Å². The average Bonchev–Trinajstić information content (AvgIpc) is 2.55. The number of thiophene rings is 1. The first-order valence-electron chi connectivity index (χ1n) is 3.85. The van der Waals surface area contributed by atoms with Gasteiger partial charge in [0.25, 0.3) is 0 Å². The van der Waals surface area contributed by atoms with Gasteiger partial charge in [0.15, 0.2) is 6.29 Å². The maximum Gasteiger partial charge on any atom is 0.151 e. The van der Waals surface area contributed by atoms with Crippen molar-refractivity contribution in [2.45, 2.75) is 6.92 Å². The van der Waals surface area contributed by atoms with Crippen molar-refractivity contribution in [2.24, 2.45) is 0 Å². The number of halogens is 1. The van der Waals surface area contributed by atoms with E-state index in [0.717, 1.165) is 4.70 Å². The molecule has 0 radical (unpaired) electrons. The maximum atomic E-state index is 13.5. The Morgan fingerprint density at radius 3 is 2.92 bits per heavy atom. The number of carbonyl (C=O) groups excluding carboxylic acids is 1. The van der Waals surface area contributed by atoms with E-state index >= 15 is 0 Å². The van der Waals surface area contributed by atoms with Crippen LogP contribution < -0.4 is 0 Å². The van der Waals surface area contributed by atoms with Crippen LogP contribution in [0.2, 0.25) is 0 Å². The van der Waals surface area contributed by atoms with Gasteiger partial charge < -0.3 is 0 Å². The molecule has 1 aromatic heterocycles. The Balaban J connectivity index is 2.93. The summed E-state index contributed by atoms with van der Waals surface area (Å²) in [5, 5.41) is 2.14. The molecule has 66 valence electrons. The second kappa shape index (κ2) is 2.92. The Morgan fingerprint density at radius 1 is 1.46 bits per heavy atom. The summed E-state index contributed by atoms with van der Waals surface area (Å²) < 4.78 is 14.4. The van der Waals surface area contributed by atoms with Crippen molar-refractivity contribution in [3.8, 4) is 0 Å². The van der Waals surface area contributed by atoms with Crippen molar-refractivity contribution in [1.29, 1.82) is 0 Å². The maximum absolute atomic E-state index is 13.5. The number of benzene rings is 1. The van der Waals surface area contributed by atoms with Gasteiger partial charge in [0.1, 0.15) is 5.82 Å². The van der Waals surface area contributed by atoms with Gasteiger partial charge in [-0.2, -0.15) is 0 Å². The third-order valence-corrected chi connectivity index (χ3v) is 2.99. The van der Waals surface area contributed by atoms with Crippen LogP contribution in [-0.2, 0) is 0 Å². The Kier molecular flexibility index (Phi) is 1.88. The third-order valence-electron chi connectivity index (χ3n) is 2.03. The van der Waals surface area contributed by atoms with Gasteiger partial charge in [-0.1, -0.05) is 6.07 Å². The van der Waals surface area contributed by atoms with Gasteiger partial charge in [-0.3, -0.25) is 4.79 Å². The molecule has 3 heteroatoms. The molecule has 0 aliphatic rings. The molecular formula is C10H7FOS. The molecule has 1 aromatic carbocycles. The predicted octanol–water partition coefficient (Wildman–Crippen LogP) is 3.16. The van der Waals surface area contributed by atoms with Crippen LogP contribution in [-0.4, -0.2) is 6.29 Å². The molecule has 0 N–H and O–H groups in total. The standard InChI is InChI=1S/C10H7FOS/c1-6-2-3-8-9(10(6)11)7(4-12)5-13-8/h2-5H,1H3. The van der Waals surface area contributed by atoms with Crippen molar-refractivity contribution in [1.82, 2.24) is 0 Å². The number of rotatable bonds is 1. The largest absolute Gasteiger partial charge is 0.298 e. The first kappa shape index (κ1) is 8.38. The van der Waals surface area contributed by atoms with Crippen LogP contribution in [0.15, 0.2) is 17.5 Å². The predicted molar refractivity (Wildman–Crippen MR) is 51.9 cm³/mol. The number of aldehydes is 1. The highest BCUT2D eigenvalue weighted by Crippen LogP contribution is 2.28. The average molecular weight is 194 g/mol. The topological polar surface area (TPSA) is 17.1 Å². The van der Waals surface area contributed by atoms with Gasteiger partial charge in [-0.15, -0.1) is 11.3 Å². The summed E-state index contributed by atoms with van der Waals surface area (Å²) in [6.07, 6.45) is 0.696. The highest BCUT2D eigenvalue weighted by molar-refractivity contribution is 7.17. The van der Waals surface area contributed by atoms with E-state index in [1.165, 1.54) is 11.3 Å². The second-order valence-electron chi connectivity index (χ2n) is 2.88. The zero-order valence-corrected chi connectivity index (χ0v) is 7.82. The van der Waals surface area contributed by atoms with E-state index in [9.17, 15) is 9.18 Å². The number of aryl methyl sites for hydroxylation is 1. The molecule has 0 aliphatic carbocycles. The van der Waals surface area contributed by atoms with Crippen LogP contribution >= 0.6 is 11.3 Å². The Labute approximate surface area is 78.8 Å². The molecule has 2 rings (SSSR count). The zero-order valence-electron chi connectivity index (χ0n) is 7.00. The molecule has 0 bridgehead atoms. The minimum Gasteiger partial charge on any atom is -0.298 e. The lowest BCUT2D eigenvalue weighted by Crippen LogP contribution is -1.85.